The average molecular weight is 241 g/mol. The van der Waals surface area contributed by atoms with Gasteiger partial charge in [-0.1, -0.05) is 12.8 Å². The van der Waals surface area contributed by atoms with E-state index in [4.69, 9.17) is 4.74 Å². The molecule has 0 aromatic carbocycles. The second-order valence-corrected chi connectivity index (χ2v) is 5.29. The molecule has 2 aliphatic rings. The fraction of sp³-hybridized carbons (Fsp3) is 0.923. The molecule has 1 heterocycles. The van der Waals surface area contributed by atoms with Crippen LogP contribution < -0.4 is 0 Å². The van der Waals surface area contributed by atoms with Crippen molar-refractivity contribution < 1.29 is 14.6 Å². The molecule has 98 valence electrons. The highest BCUT2D eigenvalue weighted by Crippen LogP contribution is 2.30. The van der Waals surface area contributed by atoms with Crippen molar-refractivity contribution in [2.45, 2.75) is 50.7 Å². The third-order valence-corrected chi connectivity index (χ3v) is 4.26. The van der Waals surface area contributed by atoms with Crippen LogP contribution in [0.1, 0.15) is 38.5 Å². The quantitative estimate of drug-likeness (QED) is 0.817. The first kappa shape index (κ1) is 12.8. The number of carbonyl (C=O) groups is 1. The van der Waals surface area contributed by atoms with Gasteiger partial charge < -0.3 is 9.84 Å². The lowest BCUT2D eigenvalue weighted by Crippen LogP contribution is -2.51. The highest BCUT2D eigenvalue weighted by molar-refractivity contribution is 5.71. The van der Waals surface area contributed by atoms with Crippen molar-refractivity contribution in [3.63, 3.8) is 0 Å². The smallest absolute Gasteiger partial charge is 0.308 e. The molecule has 0 radical (unpaired) electrons. The van der Waals surface area contributed by atoms with Gasteiger partial charge in [-0.3, -0.25) is 9.69 Å². The number of nitrogens with zero attached hydrogens (tertiary/aromatic N) is 1. The molecule has 2 rings (SSSR count). The molecule has 4 heteroatoms. The van der Waals surface area contributed by atoms with Crippen LogP contribution in [0.3, 0.4) is 0 Å². The molecule has 17 heavy (non-hydrogen) atoms. The van der Waals surface area contributed by atoms with Crippen LogP contribution >= 0.6 is 0 Å². The molecule has 0 spiro atoms. The maximum absolute atomic E-state index is 11.3. The van der Waals surface area contributed by atoms with Gasteiger partial charge in [-0.15, -0.1) is 0 Å². The average Bonchev–Trinajstić information content (AvgIpc) is 2.39. The van der Waals surface area contributed by atoms with Gasteiger partial charge in [-0.05, 0) is 32.2 Å². The van der Waals surface area contributed by atoms with Crippen LogP contribution in [0.4, 0.5) is 0 Å². The van der Waals surface area contributed by atoms with Gasteiger partial charge in [0.05, 0.1) is 12.0 Å². The van der Waals surface area contributed by atoms with Gasteiger partial charge in [0.2, 0.25) is 0 Å². The van der Waals surface area contributed by atoms with E-state index in [2.05, 4.69) is 4.90 Å². The number of aliphatic carboxylic acids is 1. The molecule has 4 nitrogen and oxygen atoms in total. The molecule has 0 bridgehead atoms. The topological polar surface area (TPSA) is 49.8 Å². The number of carboxylic acids is 1. The molecule has 3 unspecified atom stereocenters. The summed E-state index contributed by atoms with van der Waals surface area (Å²) >= 11 is 0. The lowest BCUT2D eigenvalue weighted by Gasteiger charge is -2.42. The normalized spacial score (nSPS) is 35.7. The van der Waals surface area contributed by atoms with E-state index in [1.165, 1.54) is 6.42 Å². The summed E-state index contributed by atoms with van der Waals surface area (Å²) in [6.45, 7) is 1.94. The first-order chi connectivity index (χ1) is 8.22. The number of carboxylic acid groups (broad SMARTS) is 1. The van der Waals surface area contributed by atoms with E-state index in [1.807, 2.05) is 0 Å². The van der Waals surface area contributed by atoms with Gasteiger partial charge in [-0.25, -0.2) is 0 Å². The van der Waals surface area contributed by atoms with Gasteiger partial charge in [-0.2, -0.15) is 0 Å². The Morgan fingerprint density at radius 3 is 2.71 bits per heavy atom. The van der Waals surface area contributed by atoms with Gasteiger partial charge >= 0.3 is 5.97 Å². The molecule has 0 aromatic heterocycles. The number of methoxy groups -OCH3 is 1. The van der Waals surface area contributed by atoms with E-state index in [9.17, 15) is 9.90 Å². The number of hydrogen-bond acceptors (Lipinski definition) is 3. The Hall–Kier alpha value is -0.610. The molecule has 0 aromatic rings. The number of likely N-dealkylation sites (tertiary alicyclic amines) is 1. The van der Waals surface area contributed by atoms with Crippen LogP contribution in [0.15, 0.2) is 0 Å². The van der Waals surface area contributed by atoms with Gasteiger partial charge in [0.25, 0.3) is 0 Å². The van der Waals surface area contributed by atoms with Crippen LogP contribution in [-0.4, -0.2) is 48.3 Å². The Kier molecular flexibility index (Phi) is 4.40. The minimum absolute atomic E-state index is 0.167. The van der Waals surface area contributed by atoms with Crippen LogP contribution in [-0.2, 0) is 9.53 Å². The van der Waals surface area contributed by atoms with Crippen LogP contribution in [0.5, 0.6) is 0 Å². The SMILES string of the molecule is COC1CCCN(C2CCCCC2C(=O)O)C1. The van der Waals surface area contributed by atoms with Crippen LogP contribution in [0.2, 0.25) is 0 Å². The molecule has 2 fully saturated rings. The summed E-state index contributed by atoms with van der Waals surface area (Å²) in [5.74, 6) is -0.784. The van der Waals surface area contributed by atoms with Crippen molar-refractivity contribution in [2.75, 3.05) is 20.2 Å². The Balaban J connectivity index is 2.00. The molecule has 1 saturated carbocycles. The summed E-state index contributed by atoms with van der Waals surface area (Å²) in [6.07, 6.45) is 6.64. The first-order valence-electron chi connectivity index (χ1n) is 6.72. The Morgan fingerprint density at radius 1 is 1.24 bits per heavy atom. The molecule has 1 N–H and O–H groups in total. The number of hydrogen-bond donors (Lipinski definition) is 1. The predicted octanol–water partition coefficient (Wildman–Crippen LogP) is 1.74. The summed E-state index contributed by atoms with van der Waals surface area (Å²) < 4.78 is 5.42. The van der Waals surface area contributed by atoms with E-state index >= 15 is 0 Å². The third kappa shape index (κ3) is 2.99. The number of piperidine rings is 1. The Labute approximate surface area is 103 Å². The third-order valence-electron chi connectivity index (χ3n) is 4.26. The van der Waals surface area contributed by atoms with Crippen molar-refractivity contribution in [1.82, 2.24) is 4.90 Å². The lowest BCUT2D eigenvalue weighted by molar-refractivity contribution is -0.146. The van der Waals surface area contributed by atoms with E-state index in [0.717, 1.165) is 45.2 Å². The van der Waals surface area contributed by atoms with Gasteiger partial charge in [0.15, 0.2) is 0 Å². The summed E-state index contributed by atoms with van der Waals surface area (Å²) in [7, 11) is 1.75. The standard InChI is InChI=1S/C13H23NO3/c1-17-10-5-4-8-14(9-10)12-7-3-2-6-11(12)13(15)16/h10-12H,2-9H2,1H3,(H,15,16). The molecular weight excluding hydrogens is 218 g/mol. The maximum Gasteiger partial charge on any atom is 0.308 e. The minimum atomic E-state index is -0.616. The zero-order valence-electron chi connectivity index (χ0n) is 10.6. The predicted molar refractivity (Wildman–Crippen MR) is 65.0 cm³/mol. The molecule has 1 aliphatic heterocycles. The lowest BCUT2D eigenvalue weighted by atomic mass is 9.82. The van der Waals surface area contributed by atoms with Gasteiger partial charge in [0, 0.05) is 19.7 Å². The van der Waals surface area contributed by atoms with Crippen LogP contribution in [0, 0.1) is 5.92 Å². The number of ether oxygens (including phenoxy) is 1. The van der Waals surface area contributed by atoms with E-state index < -0.39 is 5.97 Å². The zero-order chi connectivity index (χ0) is 12.3. The Morgan fingerprint density at radius 2 is 2.00 bits per heavy atom. The summed E-state index contributed by atoms with van der Waals surface area (Å²) in [5.41, 5.74) is 0. The zero-order valence-corrected chi connectivity index (χ0v) is 10.6. The first-order valence-corrected chi connectivity index (χ1v) is 6.72. The second kappa shape index (κ2) is 5.83. The monoisotopic (exact) mass is 241 g/mol. The van der Waals surface area contributed by atoms with Crippen molar-refractivity contribution in [3.8, 4) is 0 Å². The Bertz CT molecular complexity index is 269. The highest BCUT2D eigenvalue weighted by atomic mass is 16.5. The molecular formula is C13H23NO3. The van der Waals surface area contributed by atoms with Gasteiger partial charge in [0.1, 0.15) is 0 Å². The maximum atomic E-state index is 11.3. The molecule has 0 amide bonds. The van der Waals surface area contributed by atoms with Crippen molar-refractivity contribution in [1.29, 1.82) is 0 Å². The van der Waals surface area contributed by atoms with E-state index in [-0.39, 0.29) is 12.0 Å². The summed E-state index contributed by atoms with van der Waals surface area (Å²) in [6, 6.07) is 0.235. The summed E-state index contributed by atoms with van der Waals surface area (Å²) in [5, 5.41) is 9.30. The minimum Gasteiger partial charge on any atom is -0.481 e. The summed E-state index contributed by atoms with van der Waals surface area (Å²) in [4.78, 5) is 13.7. The number of rotatable bonds is 3. The van der Waals surface area contributed by atoms with Crippen molar-refractivity contribution in [2.24, 2.45) is 5.92 Å². The fourth-order valence-corrected chi connectivity index (χ4v) is 3.30. The van der Waals surface area contributed by atoms with Crippen molar-refractivity contribution in [3.05, 3.63) is 0 Å². The van der Waals surface area contributed by atoms with E-state index in [1.54, 1.807) is 7.11 Å². The molecule has 1 aliphatic carbocycles. The molecule has 1 saturated heterocycles. The van der Waals surface area contributed by atoms with Crippen LogP contribution in [0.25, 0.3) is 0 Å². The second-order valence-electron chi connectivity index (χ2n) is 5.29. The fourth-order valence-electron chi connectivity index (χ4n) is 3.30. The highest BCUT2D eigenvalue weighted by Gasteiger charge is 2.36. The molecule has 3 atom stereocenters. The largest absolute Gasteiger partial charge is 0.481 e. The van der Waals surface area contributed by atoms with E-state index in [0.29, 0.717) is 6.10 Å². The van der Waals surface area contributed by atoms with Crippen molar-refractivity contribution >= 4 is 5.97 Å².